The van der Waals surface area contributed by atoms with Crippen molar-refractivity contribution in [1.82, 2.24) is 10.2 Å². The number of hydrogen-bond acceptors (Lipinski definition) is 3. The number of carbonyl (C=O) groups is 2. The zero-order chi connectivity index (χ0) is 14.0. The Balaban J connectivity index is 2.15. The number of carbonyl (C=O) groups excluding carboxylic acids is 2. The van der Waals surface area contributed by atoms with Gasteiger partial charge >= 0.3 is 0 Å². The van der Waals surface area contributed by atoms with Gasteiger partial charge in [-0.05, 0) is 19.9 Å². The molecule has 1 aliphatic heterocycles. The molecule has 5 heteroatoms. The molecule has 19 heavy (non-hydrogen) atoms. The number of Topliss-reactive ketones (excluding diaryl/α,β-unsaturated/α-hetero) is 1. The van der Waals surface area contributed by atoms with Crippen LogP contribution >= 0.6 is 15.9 Å². The molecular weight excluding hydrogens is 308 g/mol. The highest BCUT2D eigenvalue weighted by Gasteiger charge is 2.38. The molecule has 4 nitrogen and oxygen atoms in total. The van der Waals surface area contributed by atoms with E-state index < -0.39 is 5.54 Å². The highest BCUT2D eigenvalue weighted by Crippen LogP contribution is 2.21. The van der Waals surface area contributed by atoms with Gasteiger partial charge in [-0.1, -0.05) is 34.1 Å². The first kappa shape index (κ1) is 14.2. The third kappa shape index (κ3) is 2.87. The average molecular weight is 325 g/mol. The Bertz CT molecular complexity index is 514. The highest BCUT2D eigenvalue weighted by molar-refractivity contribution is 9.10. The number of rotatable bonds is 3. The lowest BCUT2D eigenvalue weighted by Crippen LogP contribution is -2.62. The zero-order valence-electron chi connectivity index (χ0n) is 11.1. The SMILES string of the molecule is CC1(C)C(=O)NCCN1CC(=O)c1ccccc1Br. The summed E-state index contributed by atoms with van der Waals surface area (Å²) in [7, 11) is 0. The Labute approximate surface area is 121 Å². The lowest BCUT2D eigenvalue weighted by Gasteiger charge is -2.40. The van der Waals surface area contributed by atoms with Crippen LogP contribution in [-0.4, -0.2) is 41.8 Å². The van der Waals surface area contributed by atoms with Crippen LogP contribution in [0.15, 0.2) is 28.7 Å². The summed E-state index contributed by atoms with van der Waals surface area (Å²) in [5, 5.41) is 2.83. The smallest absolute Gasteiger partial charge is 0.240 e. The molecule has 1 aromatic carbocycles. The van der Waals surface area contributed by atoms with Crippen LogP contribution in [0.4, 0.5) is 0 Å². The number of nitrogens with one attached hydrogen (secondary N) is 1. The predicted molar refractivity (Wildman–Crippen MR) is 77.1 cm³/mol. The summed E-state index contributed by atoms with van der Waals surface area (Å²) in [5.41, 5.74) is 0.0131. The Morgan fingerprint density at radius 2 is 2.11 bits per heavy atom. The maximum absolute atomic E-state index is 12.3. The van der Waals surface area contributed by atoms with E-state index in [9.17, 15) is 9.59 Å². The zero-order valence-corrected chi connectivity index (χ0v) is 12.7. The van der Waals surface area contributed by atoms with Crippen molar-refractivity contribution in [3.05, 3.63) is 34.3 Å². The molecule has 0 aromatic heterocycles. The molecule has 0 radical (unpaired) electrons. The topological polar surface area (TPSA) is 49.4 Å². The first-order valence-corrected chi connectivity index (χ1v) is 7.03. The van der Waals surface area contributed by atoms with Crippen molar-refractivity contribution < 1.29 is 9.59 Å². The van der Waals surface area contributed by atoms with E-state index in [0.717, 1.165) is 4.47 Å². The second-order valence-electron chi connectivity index (χ2n) is 5.14. The Morgan fingerprint density at radius 1 is 1.42 bits per heavy atom. The van der Waals surface area contributed by atoms with Gasteiger partial charge in [0.2, 0.25) is 5.91 Å². The lowest BCUT2D eigenvalue weighted by molar-refractivity contribution is -0.134. The average Bonchev–Trinajstić information content (AvgIpc) is 2.36. The van der Waals surface area contributed by atoms with Crippen LogP contribution in [0.2, 0.25) is 0 Å². The van der Waals surface area contributed by atoms with Crippen molar-refractivity contribution >= 4 is 27.6 Å². The maximum atomic E-state index is 12.3. The van der Waals surface area contributed by atoms with E-state index in [1.807, 2.05) is 36.9 Å². The van der Waals surface area contributed by atoms with Gasteiger partial charge in [-0.15, -0.1) is 0 Å². The monoisotopic (exact) mass is 324 g/mol. The minimum absolute atomic E-state index is 0.0234. The van der Waals surface area contributed by atoms with E-state index in [1.54, 1.807) is 6.07 Å². The van der Waals surface area contributed by atoms with E-state index in [1.165, 1.54) is 0 Å². The Morgan fingerprint density at radius 3 is 2.79 bits per heavy atom. The number of piperazine rings is 1. The van der Waals surface area contributed by atoms with Gasteiger partial charge < -0.3 is 5.32 Å². The van der Waals surface area contributed by atoms with E-state index in [4.69, 9.17) is 0 Å². The summed E-state index contributed by atoms with van der Waals surface area (Å²) in [5.74, 6) is -0.00562. The first-order valence-electron chi connectivity index (χ1n) is 6.24. The summed E-state index contributed by atoms with van der Waals surface area (Å²) in [6.07, 6.45) is 0. The molecule has 0 bridgehead atoms. The molecule has 1 amide bonds. The second-order valence-corrected chi connectivity index (χ2v) is 5.99. The van der Waals surface area contributed by atoms with Gasteiger partial charge in [0.25, 0.3) is 0 Å². The fourth-order valence-electron chi connectivity index (χ4n) is 2.17. The molecule has 2 rings (SSSR count). The van der Waals surface area contributed by atoms with Gasteiger partial charge in [0.1, 0.15) is 0 Å². The molecule has 1 heterocycles. The summed E-state index contributed by atoms with van der Waals surface area (Å²) in [6.45, 7) is 5.22. The molecular formula is C14H17BrN2O2. The van der Waals surface area contributed by atoms with Crippen LogP contribution in [0.3, 0.4) is 0 Å². The molecule has 102 valence electrons. The molecule has 1 N–H and O–H groups in total. The predicted octanol–water partition coefficient (Wildman–Crippen LogP) is 1.84. The Kier molecular flexibility index (Phi) is 4.06. The number of ketones is 1. The van der Waals surface area contributed by atoms with Gasteiger partial charge in [-0.2, -0.15) is 0 Å². The molecule has 1 fully saturated rings. The maximum Gasteiger partial charge on any atom is 0.240 e. The van der Waals surface area contributed by atoms with Crippen LogP contribution in [0.1, 0.15) is 24.2 Å². The largest absolute Gasteiger partial charge is 0.353 e. The Hall–Kier alpha value is -1.20. The number of nitrogens with zero attached hydrogens (tertiary/aromatic N) is 1. The van der Waals surface area contributed by atoms with E-state index in [2.05, 4.69) is 21.2 Å². The number of benzene rings is 1. The summed E-state index contributed by atoms with van der Waals surface area (Å²) < 4.78 is 0.791. The van der Waals surface area contributed by atoms with E-state index in [0.29, 0.717) is 18.7 Å². The summed E-state index contributed by atoms with van der Waals surface area (Å²) >= 11 is 3.38. The molecule has 1 aromatic rings. The van der Waals surface area contributed by atoms with Crippen LogP contribution < -0.4 is 5.32 Å². The van der Waals surface area contributed by atoms with Crippen molar-refractivity contribution in [2.24, 2.45) is 0 Å². The fourth-order valence-corrected chi connectivity index (χ4v) is 2.67. The van der Waals surface area contributed by atoms with E-state index >= 15 is 0 Å². The molecule has 1 saturated heterocycles. The van der Waals surface area contributed by atoms with Crippen LogP contribution in [-0.2, 0) is 4.79 Å². The molecule has 1 aliphatic rings. The van der Waals surface area contributed by atoms with Gasteiger partial charge in [0.05, 0.1) is 12.1 Å². The fraction of sp³-hybridized carbons (Fsp3) is 0.429. The van der Waals surface area contributed by atoms with Crippen LogP contribution in [0.5, 0.6) is 0 Å². The number of amides is 1. The van der Waals surface area contributed by atoms with Crippen molar-refractivity contribution in [2.45, 2.75) is 19.4 Å². The number of hydrogen-bond donors (Lipinski definition) is 1. The third-order valence-corrected chi connectivity index (χ3v) is 4.21. The van der Waals surface area contributed by atoms with Crippen molar-refractivity contribution in [2.75, 3.05) is 19.6 Å². The van der Waals surface area contributed by atoms with Gasteiger partial charge in [-0.25, -0.2) is 0 Å². The van der Waals surface area contributed by atoms with Crippen LogP contribution in [0.25, 0.3) is 0 Å². The van der Waals surface area contributed by atoms with Crippen molar-refractivity contribution in [3.8, 4) is 0 Å². The third-order valence-electron chi connectivity index (χ3n) is 3.52. The van der Waals surface area contributed by atoms with Crippen molar-refractivity contribution in [1.29, 1.82) is 0 Å². The second kappa shape index (κ2) is 5.43. The standard InChI is InChI=1S/C14H17BrN2O2/c1-14(2)13(19)16-7-8-17(14)9-12(18)10-5-3-4-6-11(10)15/h3-6H,7-9H2,1-2H3,(H,16,19). The minimum Gasteiger partial charge on any atom is -0.353 e. The molecule has 0 spiro atoms. The normalized spacial score (nSPS) is 19.0. The summed E-state index contributed by atoms with van der Waals surface area (Å²) in [4.78, 5) is 26.1. The van der Waals surface area contributed by atoms with Gasteiger partial charge in [-0.3, -0.25) is 14.5 Å². The lowest BCUT2D eigenvalue weighted by atomic mass is 9.98. The van der Waals surface area contributed by atoms with Gasteiger partial charge in [0, 0.05) is 23.1 Å². The van der Waals surface area contributed by atoms with Crippen molar-refractivity contribution in [3.63, 3.8) is 0 Å². The molecule has 0 saturated carbocycles. The number of halogens is 1. The quantitative estimate of drug-likeness (QED) is 0.863. The van der Waals surface area contributed by atoms with Crippen LogP contribution in [0, 0.1) is 0 Å². The minimum atomic E-state index is -0.644. The molecule has 0 atom stereocenters. The summed E-state index contributed by atoms with van der Waals surface area (Å²) in [6, 6.07) is 7.36. The molecule has 0 unspecified atom stereocenters. The van der Waals surface area contributed by atoms with Gasteiger partial charge in [0.15, 0.2) is 5.78 Å². The molecule has 0 aliphatic carbocycles. The first-order chi connectivity index (χ1) is 8.93. The van der Waals surface area contributed by atoms with E-state index in [-0.39, 0.29) is 18.2 Å². The highest BCUT2D eigenvalue weighted by atomic mass is 79.9.